The van der Waals surface area contributed by atoms with Gasteiger partial charge in [-0.1, -0.05) is 30.3 Å². The molecule has 8 heteroatoms. The Balaban J connectivity index is 1.50. The van der Waals surface area contributed by atoms with Crippen LogP contribution < -0.4 is 0 Å². The van der Waals surface area contributed by atoms with E-state index in [1.165, 1.54) is 0 Å². The summed E-state index contributed by atoms with van der Waals surface area (Å²) < 4.78 is 5.05. The fraction of sp³-hybridized carbons (Fsp3) is 0.529. The second-order valence-corrected chi connectivity index (χ2v) is 11.7. The molecular weight excluding hydrogens is 528 g/mol. The zero-order valence-electron chi connectivity index (χ0n) is 25.6. The van der Waals surface area contributed by atoms with E-state index >= 15 is 0 Å². The van der Waals surface area contributed by atoms with E-state index in [9.17, 15) is 14.7 Å². The number of phenols is 1. The molecule has 0 aromatic heterocycles. The van der Waals surface area contributed by atoms with Gasteiger partial charge in [0.25, 0.3) is 5.91 Å². The van der Waals surface area contributed by atoms with Crippen LogP contribution in [0, 0.1) is 0 Å². The topological polar surface area (TPSA) is 76.6 Å². The molecule has 42 heavy (non-hydrogen) atoms. The summed E-state index contributed by atoms with van der Waals surface area (Å²) in [5.41, 5.74) is 2.77. The summed E-state index contributed by atoms with van der Waals surface area (Å²) in [6.07, 6.45) is 4.07. The molecule has 0 bridgehead atoms. The molecule has 2 saturated heterocycles. The number of carbonyl (C=O) groups is 2. The van der Waals surface area contributed by atoms with E-state index in [1.54, 1.807) is 6.07 Å². The van der Waals surface area contributed by atoms with E-state index < -0.39 is 0 Å². The molecule has 2 aliphatic heterocycles. The number of hydrogen-bond acceptors (Lipinski definition) is 7. The number of piperazine rings is 1. The lowest BCUT2D eigenvalue weighted by Crippen LogP contribution is -2.57. The number of ether oxygens (including phenoxy) is 1. The van der Waals surface area contributed by atoms with E-state index in [1.807, 2.05) is 48.2 Å². The minimum atomic E-state index is -0.143. The predicted molar refractivity (Wildman–Crippen MR) is 167 cm³/mol. The maximum atomic E-state index is 13.8. The molecule has 2 aromatic rings. The van der Waals surface area contributed by atoms with Gasteiger partial charge >= 0.3 is 5.97 Å². The maximum absolute atomic E-state index is 13.8. The molecule has 0 aliphatic carbocycles. The number of amides is 1. The van der Waals surface area contributed by atoms with Crippen molar-refractivity contribution in [2.45, 2.75) is 58.2 Å². The Bertz CT molecular complexity index is 1200. The van der Waals surface area contributed by atoms with Crippen LogP contribution in [-0.2, 0) is 9.53 Å². The molecular formula is C34H48N4O4. The second kappa shape index (κ2) is 15.3. The van der Waals surface area contributed by atoms with Crippen LogP contribution in [-0.4, -0.2) is 108 Å². The normalized spacial score (nSPS) is 21.5. The van der Waals surface area contributed by atoms with E-state index in [-0.39, 0.29) is 29.7 Å². The lowest BCUT2D eigenvalue weighted by molar-refractivity contribution is -0.143. The van der Waals surface area contributed by atoms with Gasteiger partial charge in [0.2, 0.25) is 0 Å². The first-order valence-electron chi connectivity index (χ1n) is 15.5. The molecule has 0 saturated carbocycles. The zero-order valence-corrected chi connectivity index (χ0v) is 25.6. The van der Waals surface area contributed by atoms with Gasteiger partial charge in [-0.3, -0.25) is 19.4 Å². The first-order valence-corrected chi connectivity index (χ1v) is 15.5. The Labute approximate surface area is 251 Å². The Morgan fingerprint density at radius 1 is 1.02 bits per heavy atom. The van der Waals surface area contributed by atoms with Crippen LogP contribution in [0.5, 0.6) is 5.75 Å². The largest absolute Gasteiger partial charge is 0.508 e. The van der Waals surface area contributed by atoms with Crippen LogP contribution in [0.25, 0.3) is 0 Å². The highest BCUT2D eigenvalue weighted by molar-refractivity contribution is 5.94. The monoisotopic (exact) mass is 576 g/mol. The van der Waals surface area contributed by atoms with E-state index in [0.717, 1.165) is 63.2 Å². The molecule has 0 radical (unpaired) electrons. The third-order valence-corrected chi connectivity index (χ3v) is 8.53. The molecule has 0 spiro atoms. The van der Waals surface area contributed by atoms with Gasteiger partial charge in [0.1, 0.15) is 5.75 Å². The average Bonchev–Trinajstić information content (AvgIpc) is 3.21. The maximum Gasteiger partial charge on any atom is 0.305 e. The fourth-order valence-electron chi connectivity index (χ4n) is 6.38. The van der Waals surface area contributed by atoms with Gasteiger partial charge in [0.15, 0.2) is 0 Å². The Kier molecular flexibility index (Phi) is 11.6. The summed E-state index contributed by atoms with van der Waals surface area (Å²) in [5, 5.41) is 10.4. The average molecular weight is 577 g/mol. The highest BCUT2D eigenvalue weighted by atomic mass is 16.5. The van der Waals surface area contributed by atoms with Crippen LogP contribution in [0.2, 0.25) is 0 Å². The number of aromatic hydroxyl groups is 1. The lowest BCUT2D eigenvalue weighted by Gasteiger charge is -2.47. The number of hydrogen-bond donors (Lipinski definition) is 1. The van der Waals surface area contributed by atoms with Crippen molar-refractivity contribution in [2.75, 3.05) is 59.0 Å². The van der Waals surface area contributed by atoms with Gasteiger partial charge in [0.05, 0.1) is 12.6 Å². The van der Waals surface area contributed by atoms with Gasteiger partial charge in [0, 0.05) is 63.3 Å². The molecule has 2 aromatic carbocycles. The number of carbonyl (C=O) groups excluding carboxylic acids is 2. The van der Waals surface area contributed by atoms with Crippen LogP contribution in [0.3, 0.4) is 0 Å². The Hall–Kier alpha value is -3.20. The molecule has 1 amide bonds. The van der Waals surface area contributed by atoms with Crippen LogP contribution in [0.4, 0.5) is 0 Å². The minimum absolute atomic E-state index is 0.0529. The van der Waals surface area contributed by atoms with E-state index in [2.05, 4.69) is 47.3 Å². The van der Waals surface area contributed by atoms with E-state index in [4.69, 9.17) is 4.74 Å². The Morgan fingerprint density at radius 2 is 1.79 bits per heavy atom. The van der Waals surface area contributed by atoms with Crippen molar-refractivity contribution in [1.29, 1.82) is 0 Å². The van der Waals surface area contributed by atoms with Crippen molar-refractivity contribution >= 4 is 11.9 Å². The molecule has 2 aliphatic rings. The zero-order chi connectivity index (χ0) is 30.1. The fourth-order valence-corrected chi connectivity index (χ4v) is 6.38. The summed E-state index contributed by atoms with van der Waals surface area (Å²) >= 11 is 0. The molecule has 8 nitrogen and oxygen atoms in total. The number of phenolic OH excluding ortho intramolecular Hbond substituents is 1. The van der Waals surface area contributed by atoms with Gasteiger partial charge in [-0.2, -0.15) is 0 Å². The first-order chi connectivity index (χ1) is 20.3. The van der Waals surface area contributed by atoms with Gasteiger partial charge in [-0.05, 0) is 82.1 Å². The minimum Gasteiger partial charge on any atom is -0.508 e. The first kappa shape index (κ1) is 31.7. The summed E-state index contributed by atoms with van der Waals surface area (Å²) in [5.74, 6) is 0.153. The van der Waals surface area contributed by atoms with Gasteiger partial charge < -0.3 is 19.6 Å². The van der Waals surface area contributed by atoms with Crippen molar-refractivity contribution in [3.05, 3.63) is 77.9 Å². The smallest absolute Gasteiger partial charge is 0.305 e. The molecule has 3 atom stereocenters. The Morgan fingerprint density at radius 3 is 2.52 bits per heavy atom. The predicted octanol–water partition coefficient (Wildman–Crippen LogP) is 4.55. The molecule has 4 rings (SSSR count). The van der Waals surface area contributed by atoms with E-state index in [0.29, 0.717) is 37.7 Å². The van der Waals surface area contributed by atoms with Gasteiger partial charge in [-0.25, -0.2) is 0 Å². The number of rotatable bonds is 11. The van der Waals surface area contributed by atoms with Crippen molar-refractivity contribution < 1.29 is 19.4 Å². The number of esters is 1. The molecule has 228 valence electrons. The van der Waals surface area contributed by atoms with Crippen LogP contribution >= 0.6 is 0 Å². The molecule has 2 heterocycles. The van der Waals surface area contributed by atoms with Crippen molar-refractivity contribution in [3.63, 3.8) is 0 Å². The third kappa shape index (κ3) is 8.21. The SMILES string of the molecule is C=CCN1C[C@H](C)N([C@@H](c2cccc(O)c2)c2cccc(C(=O)N3CCCN(CCCC(=O)OCC)CC3)c2)C[C@H]1C. The summed E-state index contributed by atoms with van der Waals surface area (Å²) in [6, 6.07) is 16.1. The highest BCUT2D eigenvalue weighted by Crippen LogP contribution is 2.35. The standard InChI is InChI=1S/C34H48N4O4/c1-5-16-37-24-27(4)38(25-26(37)3)33(29-12-8-14-31(39)23-29)28-11-7-13-30(22-28)34(41)36-19-10-18-35(20-21-36)17-9-15-32(40)42-6-2/h5,7-8,11-14,22-23,26-27,33,39H,1,6,9-10,15-21,24-25H2,2-4H3/t26-,27+,33-/m1/s1. The third-order valence-electron chi connectivity index (χ3n) is 8.53. The van der Waals surface area contributed by atoms with Crippen LogP contribution in [0.15, 0.2) is 61.2 Å². The van der Waals surface area contributed by atoms with Crippen molar-refractivity contribution in [1.82, 2.24) is 19.6 Å². The molecule has 1 N–H and O–H groups in total. The van der Waals surface area contributed by atoms with Crippen LogP contribution in [0.1, 0.15) is 67.6 Å². The summed E-state index contributed by atoms with van der Waals surface area (Å²) in [7, 11) is 0. The summed E-state index contributed by atoms with van der Waals surface area (Å²) in [6.45, 7) is 17.3. The summed E-state index contributed by atoms with van der Waals surface area (Å²) in [4.78, 5) is 34.7. The van der Waals surface area contributed by atoms with Crippen molar-refractivity contribution in [3.8, 4) is 5.75 Å². The molecule has 0 unspecified atom stereocenters. The number of benzene rings is 2. The second-order valence-electron chi connectivity index (χ2n) is 11.7. The quantitative estimate of drug-likeness (QED) is 0.311. The lowest BCUT2D eigenvalue weighted by atomic mass is 9.92. The molecule has 2 fully saturated rings. The highest BCUT2D eigenvalue weighted by Gasteiger charge is 2.35. The van der Waals surface area contributed by atoms with Crippen molar-refractivity contribution in [2.24, 2.45) is 0 Å². The number of nitrogens with zero attached hydrogens (tertiary/aromatic N) is 4. The van der Waals surface area contributed by atoms with Gasteiger partial charge in [-0.15, -0.1) is 6.58 Å².